The monoisotopic (exact) mass is 574 g/mol. The number of hydrogen-bond donors (Lipinski definition) is 2. The largest absolute Gasteiger partial charge is 0.493 e. The second kappa shape index (κ2) is 13.6. The number of ether oxygens (including phenoxy) is 3. The van der Waals surface area contributed by atoms with Crippen LogP contribution < -0.4 is 29.7 Å². The van der Waals surface area contributed by atoms with Gasteiger partial charge in [-0.05, 0) is 61.9 Å². The van der Waals surface area contributed by atoms with E-state index in [1.54, 1.807) is 14.2 Å². The highest BCUT2D eigenvalue weighted by Crippen LogP contribution is 2.38. The van der Waals surface area contributed by atoms with Gasteiger partial charge in [0.25, 0.3) is 0 Å². The molecule has 2 aromatic rings. The lowest BCUT2D eigenvalue weighted by atomic mass is 10.1. The Hall–Kier alpha value is -1.88. The lowest BCUT2D eigenvalue weighted by Crippen LogP contribution is -2.48. The first kappa shape index (κ1) is 26.4. The Balaban J connectivity index is 0.00000363. The second-order valence-corrected chi connectivity index (χ2v) is 8.24. The van der Waals surface area contributed by atoms with Gasteiger partial charge in [0.15, 0.2) is 17.5 Å². The van der Waals surface area contributed by atoms with E-state index in [0.29, 0.717) is 36.4 Å². The highest BCUT2D eigenvalue weighted by Gasteiger charge is 2.21. The summed E-state index contributed by atoms with van der Waals surface area (Å²) in [4.78, 5) is 7.27. The molecule has 32 heavy (non-hydrogen) atoms. The summed E-state index contributed by atoms with van der Waals surface area (Å²) in [6.45, 7) is 8.02. The van der Waals surface area contributed by atoms with E-state index in [1.165, 1.54) is 5.00 Å². The first-order valence-corrected chi connectivity index (χ1v) is 11.8. The number of methoxy groups -OCH3 is 2. The Labute approximate surface area is 212 Å². The average Bonchev–Trinajstić information content (AvgIpc) is 3.33. The van der Waals surface area contributed by atoms with Crippen molar-refractivity contribution in [3.8, 4) is 17.2 Å². The van der Waals surface area contributed by atoms with Crippen molar-refractivity contribution in [3.63, 3.8) is 0 Å². The van der Waals surface area contributed by atoms with E-state index in [4.69, 9.17) is 19.2 Å². The van der Waals surface area contributed by atoms with Crippen LogP contribution in [0, 0.1) is 0 Å². The van der Waals surface area contributed by atoms with Gasteiger partial charge in [0.2, 0.25) is 5.75 Å². The summed E-state index contributed by atoms with van der Waals surface area (Å²) in [6, 6.07) is 8.65. The molecule has 0 radical (unpaired) electrons. The first-order valence-electron chi connectivity index (χ1n) is 10.9. The first-order chi connectivity index (χ1) is 15.2. The summed E-state index contributed by atoms with van der Waals surface area (Å²) in [7, 11) is 3.27. The van der Waals surface area contributed by atoms with Gasteiger partial charge in [-0.25, -0.2) is 4.99 Å². The number of rotatable bonds is 9. The summed E-state index contributed by atoms with van der Waals surface area (Å²) in [5, 5.41) is 10.5. The number of halogens is 1. The van der Waals surface area contributed by atoms with Crippen molar-refractivity contribution in [2.24, 2.45) is 4.99 Å². The third-order valence-electron chi connectivity index (χ3n) is 5.23. The predicted molar refractivity (Wildman–Crippen MR) is 144 cm³/mol. The average molecular weight is 575 g/mol. The number of hydrogen-bond acceptors (Lipinski definition) is 6. The number of benzene rings is 1. The van der Waals surface area contributed by atoms with Crippen LogP contribution in [0.1, 0.15) is 32.3 Å². The SMILES string of the molecule is CCNC(=NCc1cc(OC)c(OCC)c(OC)c1)NC1CCN(c2cccs2)CC1.I. The summed E-state index contributed by atoms with van der Waals surface area (Å²) in [6.07, 6.45) is 2.18. The number of piperidine rings is 1. The number of guanidine groups is 1. The molecule has 0 unspecified atom stereocenters. The lowest BCUT2D eigenvalue weighted by molar-refractivity contribution is 0.288. The molecule has 1 saturated heterocycles. The molecule has 2 heterocycles. The maximum absolute atomic E-state index is 5.69. The van der Waals surface area contributed by atoms with Gasteiger partial charge in [0.05, 0.1) is 32.4 Å². The maximum atomic E-state index is 5.69. The van der Waals surface area contributed by atoms with Crippen LogP contribution in [-0.2, 0) is 6.54 Å². The van der Waals surface area contributed by atoms with Crippen LogP contribution in [0.25, 0.3) is 0 Å². The fourth-order valence-electron chi connectivity index (χ4n) is 3.69. The maximum Gasteiger partial charge on any atom is 0.203 e. The molecule has 0 bridgehead atoms. The van der Waals surface area contributed by atoms with Crippen LogP contribution in [0.4, 0.5) is 5.00 Å². The molecule has 3 rings (SSSR count). The molecule has 0 spiro atoms. The van der Waals surface area contributed by atoms with Crippen LogP contribution in [0.15, 0.2) is 34.6 Å². The smallest absolute Gasteiger partial charge is 0.203 e. The summed E-state index contributed by atoms with van der Waals surface area (Å²) < 4.78 is 16.7. The van der Waals surface area contributed by atoms with Gasteiger partial charge in [-0.3, -0.25) is 0 Å². The van der Waals surface area contributed by atoms with Crippen molar-refractivity contribution in [2.75, 3.05) is 45.4 Å². The highest BCUT2D eigenvalue weighted by molar-refractivity contribution is 14.0. The zero-order valence-electron chi connectivity index (χ0n) is 19.3. The third-order valence-corrected chi connectivity index (χ3v) is 6.16. The molecule has 0 atom stereocenters. The molecule has 1 aromatic carbocycles. The number of nitrogens with one attached hydrogen (secondary N) is 2. The van der Waals surface area contributed by atoms with Crippen LogP contribution in [-0.4, -0.2) is 52.5 Å². The van der Waals surface area contributed by atoms with E-state index in [-0.39, 0.29) is 24.0 Å². The predicted octanol–water partition coefficient (Wildman–Crippen LogP) is 4.51. The van der Waals surface area contributed by atoms with Crippen LogP contribution in [0.2, 0.25) is 0 Å². The molecular weight excluding hydrogens is 539 g/mol. The van der Waals surface area contributed by atoms with Crippen molar-refractivity contribution in [1.29, 1.82) is 0 Å². The number of anilines is 1. The Morgan fingerprint density at radius 2 is 1.84 bits per heavy atom. The molecule has 0 saturated carbocycles. The molecule has 1 aliphatic heterocycles. The van der Waals surface area contributed by atoms with E-state index in [9.17, 15) is 0 Å². The molecule has 178 valence electrons. The summed E-state index contributed by atoms with van der Waals surface area (Å²) >= 11 is 1.81. The second-order valence-electron chi connectivity index (χ2n) is 7.31. The fourth-order valence-corrected chi connectivity index (χ4v) is 4.48. The van der Waals surface area contributed by atoms with E-state index in [0.717, 1.165) is 44.0 Å². The molecule has 1 aromatic heterocycles. The molecule has 0 aliphatic carbocycles. The Kier molecular flexibility index (Phi) is 11.2. The zero-order chi connectivity index (χ0) is 22.1. The summed E-state index contributed by atoms with van der Waals surface area (Å²) in [5.74, 6) is 2.78. The molecule has 1 aliphatic rings. The van der Waals surface area contributed by atoms with Gasteiger partial charge < -0.3 is 29.7 Å². The van der Waals surface area contributed by atoms with E-state index in [2.05, 4.69) is 40.0 Å². The van der Waals surface area contributed by atoms with Gasteiger partial charge >= 0.3 is 0 Å². The Morgan fingerprint density at radius 3 is 2.38 bits per heavy atom. The number of aliphatic imine (C=N–C) groups is 1. The molecule has 7 nitrogen and oxygen atoms in total. The normalized spacial score (nSPS) is 14.5. The van der Waals surface area contributed by atoms with Gasteiger partial charge in [0, 0.05) is 25.7 Å². The minimum absolute atomic E-state index is 0. The van der Waals surface area contributed by atoms with E-state index < -0.39 is 0 Å². The van der Waals surface area contributed by atoms with Crippen LogP contribution in [0.3, 0.4) is 0 Å². The van der Waals surface area contributed by atoms with Crippen molar-refractivity contribution in [1.82, 2.24) is 10.6 Å². The van der Waals surface area contributed by atoms with Crippen molar-refractivity contribution < 1.29 is 14.2 Å². The quantitative estimate of drug-likeness (QED) is 0.261. The van der Waals surface area contributed by atoms with Gasteiger partial charge in [-0.2, -0.15) is 0 Å². The number of thiophene rings is 1. The molecule has 1 fully saturated rings. The third kappa shape index (κ3) is 7.06. The van der Waals surface area contributed by atoms with E-state index in [1.807, 2.05) is 30.4 Å². The lowest BCUT2D eigenvalue weighted by Gasteiger charge is -2.33. The van der Waals surface area contributed by atoms with E-state index >= 15 is 0 Å². The summed E-state index contributed by atoms with van der Waals surface area (Å²) in [5.41, 5.74) is 1.00. The zero-order valence-corrected chi connectivity index (χ0v) is 22.5. The van der Waals surface area contributed by atoms with Crippen molar-refractivity contribution >= 4 is 46.3 Å². The van der Waals surface area contributed by atoms with Crippen molar-refractivity contribution in [3.05, 3.63) is 35.2 Å². The van der Waals surface area contributed by atoms with Crippen LogP contribution >= 0.6 is 35.3 Å². The molecule has 2 N–H and O–H groups in total. The standard InChI is InChI=1S/C23H34N4O3S.HI/c1-5-24-23(26-18-9-11-27(12-10-18)21-8-7-13-31-21)25-16-17-14-19(28-3)22(30-6-2)20(15-17)29-4;/h7-8,13-15,18H,5-6,9-12,16H2,1-4H3,(H2,24,25,26);1H. The molecule has 0 amide bonds. The molecule has 9 heteroatoms. The Morgan fingerprint density at radius 1 is 1.16 bits per heavy atom. The molecular formula is C23H35IN4O3S. The highest BCUT2D eigenvalue weighted by atomic mass is 127. The van der Waals surface area contributed by atoms with Crippen LogP contribution in [0.5, 0.6) is 17.2 Å². The van der Waals surface area contributed by atoms with Gasteiger partial charge in [-0.1, -0.05) is 0 Å². The minimum atomic E-state index is 0. The topological polar surface area (TPSA) is 67.4 Å². The van der Waals surface area contributed by atoms with Gasteiger partial charge in [0.1, 0.15) is 0 Å². The minimum Gasteiger partial charge on any atom is -0.493 e. The fraction of sp³-hybridized carbons (Fsp3) is 0.522. The van der Waals surface area contributed by atoms with Gasteiger partial charge in [-0.15, -0.1) is 35.3 Å². The Bertz CT molecular complexity index is 815. The van der Waals surface area contributed by atoms with Crippen molar-refractivity contribution in [2.45, 2.75) is 39.3 Å². The number of nitrogens with zero attached hydrogens (tertiary/aromatic N) is 2.